The Labute approximate surface area is 123 Å². The van der Waals surface area contributed by atoms with Crippen molar-refractivity contribution in [3.05, 3.63) is 0 Å². The van der Waals surface area contributed by atoms with Crippen LogP contribution in [0, 0.1) is 0 Å². The zero-order valence-electron chi connectivity index (χ0n) is 12.2. The zero-order chi connectivity index (χ0) is 15.3. The Morgan fingerprint density at radius 1 is 1.10 bits per heavy atom. The molecule has 2 rings (SSSR count). The van der Waals surface area contributed by atoms with Crippen molar-refractivity contribution in [3.8, 4) is 0 Å². The fraction of sp³-hybridized carbons (Fsp3) is 0.929. The van der Waals surface area contributed by atoms with E-state index < -0.39 is 12.7 Å². The molecule has 0 aromatic carbocycles. The summed E-state index contributed by atoms with van der Waals surface area (Å²) in [5, 5.41) is 6.28. The first-order chi connectivity index (χ1) is 9.92. The number of hydrogen-bond acceptors (Lipinski definition) is 3. The Balaban J connectivity index is 1.49. The van der Waals surface area contributed by atoms with Crippen molar-refractivity contribution in [1.82, 2.24) is 15.5 Å². The minimum absolute atomic E-state index is 0.110. The molecule has 122 valence electrons. The molecule has 1 aliphatic carbocycles. The Bertz CT molecular complexity index is 337. The van der Waals surface area contributed by atoms with Gasteiger partial charge in [-0.15, -0.1) is 0 Å². The minimum Gasteiger partial charge on any atom is -0.353 e. The molecule has 7 heteroatoms. The average molecular weight is 307 g/mol. The van der Waals surface area contributed by atoms with Crippen LogP contribution >= 0.6 is 0 Å². The highest BCUT2D eigenvalue weighted by atomic mass is 19.4. The summed E-state index contributed by atoms with van der Waals surface area (Å²) in [5.41, 5.74) is 0. The predicted octanol–water partition coefficient (Wildman–Crippen LogP) is 1.66. The lowest BCUT2D eigenvalue weighted by atomic mass is 10.0. The summed E-state index contributed by atoms with van der Waals surface area (Å²) < 4.78 is 36.8. The van der Waals surface area contributed by atoms with E-state index in [1.54, 1.807) is 0 Å². The number of carbonyl (C=O) groups is 1. The minimum atomic E-state index is -4.10. The van der Waals surface area contributed by atoms with Crippen LogP contribution in [0.15, 0.2) is 0 Å². The fourth-order valence-electron chi connectivity index (χ4n) is 2.63. The standard InChI is InChI=1S/C14H24F3N3O/c15-14(16,17)10-20-8-5-11(6-9-20)18-7-1-2-13(21)19-12-3-4-12/h11-12,18H,1-10H2,(H,19,21). The normalized spacial score (nSPS) is 21.5. The molecule has 0 atom stereocenters. The molecule has 21 heavy (non-hydrogen) atoms. The van der Waals surface area contributed by atoms with Crippen LogP contribution in [0.5, 0.6) is 0 Å². The van der Waals surface area contributed by atoms with Crippen LogP contribution in [0.1, 0.15) is 38.5 Å². The number of nitrogens with one attached hydrogen (secondary N) is 2. The Morgan fingerprint density at radius 3 is 2.33 bits per heavy atom. The molecule has 0 aromatic heterocycles. The molecule has 0 unspecified atom stereocenters. The van der Waals surface area contributed by atoms with Crippen LogP contribution < -0.4 is 10.6 Å². The maximum Gasteiger partial charge on any atom is 0.401 e. The van der Waals surface area contributed by atoms with Gasteiger partial charge in [0.1, 0.15) is 0 Å². The summed E-state index contributed by atoms with van der Waals surface area (Å²) in [6, 6.07) is 0.685. The monoisotopic (exact) mass is 307 g/mol. The number of carbonyl (C=O) groups excluding carboxylic acids is 1. The predicted molar refractivity (Wildman–Crippen MR) is 73.9 cm³/mol. The van der Waals surface area contributed by atoms with Crippen molar-refractivity contribution in [3.63, 3.8) is 0 Å². The SMILES string of the molecule is O=C(CCCNC1CCN(CC(F)(F)F)CC1)NC1CC1. The van der Waals surface area contributed by atoms with Crippen molar-refractivity contribution in [2.24, 2.45) is 0 Å². The quantitative estimate of drug-likeness (QED) is 0.703. The van der Waals surface area contributed by atoms with Gasteiger partial charge in [0.15, 0.2) is 0 Å². The first-order valence-electron chi connectivity index (χ1n) is 7.74. The van der Waals surface area contributed by atoms with Crippen LogP contribution in [0.4, 0.5) is 13.2 Å². The zero-order valence-corrected chi connectivity index (χ0v) is 12.2. The summed E-state index contributed by atoms with van der Waals surface area (Å²) in [4.78, 5) is 12.9. The van der Waals surface area contributed by atoms with E-state index in [-0.39, 0.29) is 11.9 Å². The second-order valence-corrected chi connectivity index (χ2v) is 6.07. The molecule has 0 spiro atoms. The highest BCUT2D eigenvalue weighted by Gasteiger charge is 2.32. The van der Waals surface area contributed by atoms with E-state index in [0.717, 1.165) is 38.6 Å². The van der Waals surface area contributed by atoms with Gasteiger partial charge in [-0.3, -0.25) is 9.69 Å². The molecule has 0 aromatic rings. The molecule has 1 saturated carbocycles. The van der Waals surface area contributed by atoms with Crippen LogP contribution in [-0.4, -0.2) is 55.2 Å². The van der Waals surface area contributed by atoms with Crippen LogP contribution in [-0.2, 0) is 4.79 Å². The lowest BCUT2D eigenvalue weighted by Crippen LogP contribution is -2.45. The van der Waals surface area contributed by atoms with E-state index in [9.17, 15) is 18.0 Å². The summed E-state index contributed by atoms with van der Waals surface area (Å²) in [5.74, 6) is 0.110. The number of nitrogens with zero attached hydrogens (tertiary/aromatic N) is 1. The van der Waals surface area contributed by atoms with Crippen molar-refractivity contribution in [1.29, 1.82) is 0 Å². The molecule has 2 N–H and O–H groups in total. The molecule has 1 amide bonds. The van der Waals surface area contributed by atoms with Gasteiger partial charge in [0.2, 0.25) is 5.91 Å². The van der Waals surface area contributed by atoms with Gasteiger partial charge < -0.3 is 10.6 Å². The smallest absolute Gasteiger partial charge is 0.353 e. The number of likely N-dealkylation sites (tertiary alicyclic amines) is 1. The molecular weight excluding hydrogens is 283 g/mol. The first-order valence-corrected chi connectivity index (χ1v) is 7.74. The Hall–Kier alpha value is -0.820. The molecule has 1 heterocycles. The number of rotatable bonds is 7. The van der Waals surface area contributed by atoms with Gasteiger partial charge in [-0.25, -0.2) is 0 Å². The summed E-state index contributed by atoms with van der Waals surface area (Å²) in [7, 11) is 0. The second kappa shape index (κ2) is 7.45. The molecule has 1 aliphatic heterocycles. The van der Waals surface area contributed by atoms with Crippen molar-refractivity contribution < 1.29 is 18.0 Å². The number of piperidine rings is 1. The van der Waals surface area contributed by atoms with Gasteiger partial charge >= 0.3 is 6.18 Å². The van der Waals surface area contributed by atoms with Gasteiger partial charge in [-0.05, 0) is 51.7 Å². The van der Waals surface area contributed by atoms with Gasteiger partial charge in [0.25, 0.3) is 0 Å². The van der Waals surface area contributed by atoms with E-state index >= 15 is 0 Å². The van der Waals surface area contributed by atoms with Crippen molar-refractivity contribution in [2.75, 3.05) is 26.2 Å². The van der Waals surface area contributed by atoms with Gasteiger partial charge in [0.05, 0.1) is 6.54 Å². The highest BCUT2D eigenvalue weighted by molar-refractivity contribution is 5.76. The van der Waals surface area contributed by atoms with E-state index in [0.29, 0.717) is 25.6 Å². The Kier molecular flexibility index (Phi) is 5.87. The van der Waals surface area contributed by atoms with Crippen LogP contribution in [0.25, 0.3) is 0 Å². The van der Waals surface area contributed by atoms with E-state index in [1.165, 1.54) is 4.90 Å². The molecule has 2 aliphatic rings. The van der Waals surface area contributed by atoms with E-state index in [4.69, 9.17) is 0 Å². The first kappa shape index (κ1) is 16.5. The fourth-order valence-corrected chi connectivity index (χ4v) is 2.63. The summed E-state index contributed by atoms with van der Waals surface area (Å²) >= 11 is 0. The van der Waals surface area contributed by atoms with Crippen LogP contribution in [0.3, 0.4) is 0 Å². The number of hydrogen-bond donors (Lipinski definition) is 2. The third kappa shape index (κ3) is 7.13. The summed E-state index contributed by atoms with van der Waals surface area (Å²) in [6.07, 6.45) is 0.878. The maximum atomic E-state index is 12.3. The number of alkyl halides is 3. The van der Waals surface area contributed by atoms with Gasteiger partial charge in [0, 0.05) is 18.5 Å². The van der Waals surface area contributed by atoms with Gasteiger partial charge in [-0.1, -0.05) is 0 Å². The largest absolute Gasteiger partial charge is 0.401 e. The molecule has 2 fully saturated rings. The topological polar surface area (TPSA) is 44.4 Å². The lowest BCUT2D eigenvalue weighted by molar-refractivity contribution is -0.148. The molecule has 0 bridgehead atoms. The maximum absolute atomic E-state index is 12.3. The van der Waals surface area contributed by atoms with Crippen LogP contribution in [0.2, 0.25) is 0 Å². The van der Waals surface area contributed by atoms with Gasteiger partial charge in [-0.2, -0.15) is 13.2 Å². The van der Waals surface area contributed by atoms with Crippen molar-refractivity contribution >= 4 is 5.91 Å². The number of amides is 1. The lowest BCUT2D eigenvalue weighted by Gasteiger charge is -2.32. The molecule has 1 saturated heterocycles. The second-order valence-electron chi connectivity index (χ2n) is 6.07. The highest BCUT2D eigenvalue weighted by Crippen LogP contribution is 2.20. The van der Waals surface area contributed by atoms with Crippen molar-refractivity contribution in [2.45, 2.75) is 56.8 Å². The molecule has 0 radical (unpaired) electrons. The third-order valence-corrected chi connectivity index (χ3v) is 3.95. The summed E-state index contributed by atoms with van der Waals surface area (Å²) in [6.45, 7) is 0.918. The average Bonchev–Trinajstić information content (AvgIpc) is 3.18. The third-order valence-electron chi connectivity index (χ3n) is 3.95. The van der Waals surface area contributed by atoms with E-state index in [2.05, 4.69) is 10.6 Å². The Morgan fingerprint density at radius 2 is 1.76 bits per heavy atom. The molecular formula is C14H24F3N3O. The van der Waals surface area contributed by atoms with E-state index in [1.807, 2.05) is 0 Å². The molecule has 4 nitrogen and oxygen atoms in total. The number of halogens is 3.